The van der Waals surface area contributed by atoms with Gasteiger partial charge in [0, 0.05) is 18.6 Å². The number of rotatable bonds is 5. The third kappa shape index (κ3) is 3.29. The maximum atomic E-state index is 9.88. The first-order valence-electron chi connectivity index (χ1n) is 5.93. The molecule has 0 bridgehead atoms. The number of benzene rings is 1. The topological polar surface area (TPSA) is 64.1 Å². The molecule has 1 aromatic heterocycles. The molecule has 0 aliphatic rings. The minimum Gasteiger partial charge on any atom is -0.388 e. The van der Waals surface area contributed by atoms with E-state index in [1.54, 1.807) is 12.5 Å². The van der Waals surface area contributed by atoms with Crippen LogP contribution in [0.4, 0.5) is 0 Å². The summed E-state index contributed by atoms with van der Waals surface area (Å²) in [5, 5.41) is 9.88. The smallest absolute Gasteiger partial charge is 0.0986 e. The molecule has 4 nitrogen and oxygen atoms in total. The average Bonchev–Trinajstić information content (AvgIpc) is 2.90. The molecular formula is C14H17N3O. The molecule has 0 amide bonds. The third-order valence-corrected chi connectivity index (χ3v) is 2.70. The summed E-state index contributed by atoms with van der Waals surface area (Å²) >= 11 is 0. The van der Waals surface area contributed by atoms with E-state index in [9.17, 15) is 5.11 Å². The fourth-order valence-electron chi connectivity index (χ4n) is 1.72. The van der Waals surface area contributed by atoms with E-state index in [-0.39, 0.29) is 0 Å². The molecule has 0 fully saturated rings. The van der Waals surface area contributed by atoms with Gasteiger partial charge in [0.1, 0.15) is 0 Å². The number of aromatic nitrogens is 2. The van der Waals surface area contributed by atoms with Crippen molar-refractivity contribution < 1.29 is 5.11 Å². The molecule has 1 atom stereocenters. The molecule has 94 valence electrons. The van der Waals surface area contributed by atoms with Crippen molar-refractivity contribution >= 4 is 12.3 Å². The lowest BCUT2D eigenvalue weighted by atomic mass is 10.0. The Morgan fingerprint density at radius 1 is 1.44 bits per heavy atom. The number of aliphatic hydroxyl groups is 1. The molecule has 18 heavy (non-hydrogen) atoms. The first-order valence-corrected chi connectivity index (χ1v) is 5.93. The van der Waals surface area contributed by atoms with Crippen LogP contribution in [0.5, 0.6) is 0 Å². The van der Waals surface area contributed by atoms with Gasteiger partial charge in [-0.25, -0.2) is 4.98 Å². The van der Waals surface area contributed by atoms with E-state index in [2.05, 4.69) is 4.98 Å². The molecule has 1 heterocycles. The Morgan fingerprint density at radius 3 is 3.06 bits per heavy atom. The van der Waals surface area contributed by atoms with Gasteiger partial charge in [-0.15, -0.1) is 0 Å². The number of nitrogens with zero attached hydrogens (tertiary/aromatic N) is 2. The fraction of sp³-hybridized carbons (Fsp3) is 0.214. The quantitative estimate of drug-likeness (QED) is 0.843. The zero-order valence-corrected chi connectivity index (χ0v) is 10.1. The highest BCUT2D eigenvalue weighted by molar-refractivity contribution is 5.60. The second-order valence-electron chi connectivity index (χ2n) is 4.09. The van der Waals surface area contributed by atoms with Gasteiger partial charge in [0.05, 0.1) is 12.4 Å². The van der Waals surface area contributed by atoms with Crippen molar-refractivity contribution in [2.75, 3.05) is 6.54 Å². The van der Waals surface area contributed by atoms with Crippen molar-refractivity contribution in [3.63, 3.8) is 0 Å². The summed E-state index contributed by atoms with van der Waals surface area (Å²) in [6.45, 7) is 0.482. The molecule has 0 saturated heterocycles. The monoisotopic (exact) mass is 243 g/mol. The van der Waals surface area contributed by atoms with Crippen molar-refractivity contribution in [2.45, 2.75) is 12.5 Å². The summed E-state index contributed by atoms with van der Waals surface area (Å²) in [6.07, 6.45) is 9.30. The zero-order chi connectivity index (χ0) is 12.8. The van der Waals surface area contributed by atoms with Gasteiger partial charge in [0.15, 0.2) is 0 Å². The summed E-state index contributed by atoms with van der Waals surface area (Å²) < 4.78 is 1.86. The maximum Gasteiger partial charge on any atom is 0.0986 e. The Labute approximate surface area is 106 Å². The Kier molecular flexibility index (Phi) is 4.28. The second kappa shape index (κ2) is 6.14. The molecule has 0 unspecified atom stereocenters. The van der Waals surface area contributed by atoms with Crippen LogP contribution in [0.1, 0.15) is 23.7 Å². The van der Waals surface area contributed by atoms with Gasteiger partial charge < -0.3 is 15.4 Å². The highest BCUT2D eigenvalue weighted by atomic mass is 16.3. The van der Waals surface area contributed by atoms with E-state index in [0.29, 0.717) is 13.0 Å². The SMILES string of the molecule is NCC[C@@H](O)c1cccc(C=Cn2ccnc2)c1. The molecule has 4 heteroatoms. The Hall–Kier alpha value is -1.91. The molecule has 0 spiro atoms. The lowest BCUT2D eigenvalue weighted by Gasteiger charge is -2.09. The summed E-state index contributed by atoms with van der Waals surface area (Å²) in [7, 11) is 0. The van der Waals surface area contributed by atoms with Crippen LogP contribution in [-0.4, -0.2) is 21.2 Å². The van der Waals surface area contributed by atoms with Gasteiger partial charge in [-0.2, -0.15) is 0 Å². The lowest BCUT2D eigenvalue weighted by molar-refractivity contribution is 0.170. The van der Waals surface area contributed by atoms with Crippen molar-refractivity contribution in [2.24, 2.45) is 5.73 Å². The maximum absolute atomic E-state index is 9.88. The number of hydrogen-bond donors (Lipinski definition) is 2. The van der Waals surface area contributed by atoms with Crippen LogP contribution in [-0.2, 0) is 0 Å². The van der Waals surface area contributed by atoms with Crippen LogP contribution < -0.4 is 5.73 Å². The summed E-state index contributed by atoms with van der Waals surface area (Å²) in [4.78, 5) is 3.96. The Balaban J connectivity index is 2.12. The predicted molar refractivity (Wildman–Crippen MR) is 72.5 cm³/mol. The van der Waals surface area contributed by atoms with E-state index in [4.69, 9.17) is 5.73 Å². The van der Waals surface area contributed by atoms with Gasteiger partial charge in [-0.05, 0) is 36.2 Å². The molecule has 1 aromatic carbocycles. The van der Waals surface area contributed by atoms with Crippen molar-refractivity contribution in [3.8, 4) is 0 Å². The van der Waals surface area contributed by atoms with E-state index in [1.165, 1.54) is 0 Å². The van der Waals surface area contributed by atoms with Crippen molar-refractivity contribution in [3.05, 3.63) is 54.1 Å². The van der Waals surface area contributed by atoms with Crippen LogP contribution in [0.15, 0.2) is 43.0 Å². The molecule has 0 aliphatic heterocycles. The largest absolute Gasteiger partial charge is 0.388 e. The normalized spacial score (nSPS) is 13.0. The van der Waals surface area contributed by atoms with Crippen LogP contribution in [0.3, 0.4) is 0 Å². The molecular weight excluding hydrogens is 226 g/mol. The minimum absolute atomic E-state index is 0.482. The van der Waals surface area contributed by atoms with Crippen LogP contribution >= 0.6 is 0 Å². The fourth-order valence-corrected chi connectivity index (χ4v) is 1.72. The van der Waals surface area contributed by atoms with E-state index in [0.717, 1.165) is 11.1 Å². The van der Waals surface area contributed by atoms with E-state index in [1.807, 2.05) is 47.3 Å². The van der Waals surface area contributed by atoms with Gasteiger partial charge in [-0.1, -0.05) is 18.2 Å². The molecule has 0 saturated carbocycles. The average molecular weight is 243 g/mol. The first kappa shape index (κ1) is 12.5. The van der Waals surface area contributed by atoms with Gasteiger partial charge in [-0.3, -0.25) is 0 Å². The second-order valence-corrected chi connectivity index (χ2v) is 4.09. The lowest BCUT2D eigenvalue weighted by Crippen LogP contribution is -2.06. The van der Waals surface area contributed by atoms with Gasteiger partial charge >= 0.3 is 0 Å². The Morgan fingerprint density at radius 2 is 2.33 bits per heavy atom. The van der Waals surface area contributed by atoms with E-state index < -0.39 is 6.10 Å². The molecule has 2 rings (SSSR count). The van der Waals surface area contributed by atoms with Crippen LogP contribution in [0.25, 0.3) is 12.3 Å². The van der Waals surface area contributed by atoms with E-state index >= 15 is 0 Å². The third-order valence-electron chi connectivity index (χ3n) is 2.70. The number of nitrogens with two attached hydrogens (primary N) is 1. The summed E-state index contributed by atoms with van der Waals surface area (Å²) in [6, 6.07) is 7.80. The number of aliphatic hydroxyl groups excluding tert-OH is 1. The van der Waals surface area contributed by atoms with Gasteiger partial charge in [0.25, 0.3) is 0 Å². The first-order chi connectivity index (χ1) is 8.79. The van der Waals surface area contributed by atoms with Crippen molar-refractivity contribution in [1.29, 1.82) is 0 Å². The number of hydrogen-bond acceptors (Lipinski definition) is 3. The molecule has 3 N–H and O–H groups in total. The van der Waals surface area contributed by atoms with Crippen LogP contribution in [0, 0.1) is 0 Å². The Bertz CT molecular complexity index is 506. The molecule has 0 radical (unpaired) electrons. The minimum atomic E-state index is -0.489. The molecule has 0 aliphatic carbocycles. The van der Waals surface area contributed by atoms with Crippen molar-refractivity contribution in [1.82, 2.24) is 9.55 Å². The highest BCUT2D eigenvalue weighted by Crippen LogP contribution is 2.18. The van der Waals surface area contributed by atoms with Crippen LogP contribution in [0.2, 0.25) is 0 Å². The summed E-state index contributed by atoms with van der Waals surface area (Å²) in [5.74, 6) is 0. The standard InChI is InChI=1S/C14H17N3O/c15-6-4-14(18)13-3-1-2-12(10-13)5-8-17-9-7-16-11-17/h1-3,5,7-11,14,18H,4,6,15H2/t14-/m1/s1. The zero-order valence-electron chi connectivity index (χ0n) is 10.1. The molecule has 2 aromatic rings. The highest BCUT2D eigenvalue weighted by Gasteiger charge is 2.05. The number of imidazole rings is 1. The summed E-state index contributed by atoms with van der Waals surface area (Å²) in [5.41, 5.74) is 7.38. The predicted octanol–water partition coefficient (Wildman–Crippen LogP) is 1.89. The van der Waals surface area contributed by atoms with Gasteiger partial charge in [0.2, 0.25) is 0 Å².